The third-order valence-corrected chi connectivity index (χ3v) is 3.37. The summed E-state index contributed by atoms with van der Waals surface area (Å²) in [6.07, 6.45) is 8.26. The number of fused-ring (bicyclic) bond motifs is 1. The highest BCUT2D eigenvalue weighted by Crippen LogP contribution is 2.27. The molecule has 5 nitrogen and oxygen atoms in total. The molecule has 0 radical (unpaired) electrons. The minimum Gasteiger partial charge on any atom is -0.396 e. The average molecular weight is 256 g/mol. The Bertz CT molecular complexity index is 685. The van der Waals surface area contributed by atoms with E-state index in [1.165, 1.54) is 0 Å². The van der Waals surface area contributed by atoms with Gasteiger partial charge in [-0.1, -0.05) is 0 Å². The SMILES string of the molecule is CC(CCO)n1cc(-c2ccnc3[nH]ccc23)cn1. The van der Waals surface area contributed by atoms with Crippen molar-refractivity contribution in [1.82, 2.24) is 19.7 Å². The third kappa shape index (κ3) is 2.13. The van der Waals surface area contributed by atoms with Crippen LogP contribution in [0.5, 0.6) is 0 Å². The second kappa shape index (κ2) is 4.85. The number of pyridine rings is 1. The highest BCUT2D eigenvalue weighted by molar-refractivity contribution is 5.92. The number of nitrogens with zero attached hydrogens (tertiary/aromatic N) is 3. The van der Waals surface area contributed by atoms with E-state index in [2.05, 4.69) is 15.1 Å². The van der Waals surface area contributed by atoms with Crippen LogP contribution in [-0.2, 0) is 0 Å². The second-order valence-electron chi connectivity index (χ2n) is 4.67. The number of hydrogen-bond acceptors (Lipinski definition) is 3. The van der Waals surface area contributed by atoms with Crippen molar-refractivity contribution in [2.45, 2.75) is 19.4 Å². The van der Waals surface area contributed by atoms with Crippen LogP contribution in [0.1, 0.15) is 19.4 Å². The molecule has 0 fully saturated rings. The quantitative estimate of drug-likeness (QED) is 0.753. The van der Waals surface area contributed by atoms with Crippen LogP contribution < -0.4 is 0 Å². The van der Waals surface area contributed by atoms with Gasteiger partial charge in [0.25, 0.3) is 0 Å². The largest absolute Gasteiger partial charge is 0.396 e. The van der Waals surface area contributed by atoms with Gasteiger partial charge in [0, 0.05) is 36.1 Å². The monoisotopic (exact) mass is 256 g/mol. The molecule has 3 heterocycles. The Kier molecular flexibility index (Phi) is 3.05. The van der Waals surface area contributed by atoms with Crippen LogP contribution in [0.2, 0.25) is 0 Å². The fourth-order valence-electron chi connectivity index (χ4n) is 2.25. The highest BCUT2D eigenvalue weighted by atomic mass is 16.3. The second-order valence-corrected chi connectivity index (χ2v) is 4.67. The Labute approximate surface area is 110 Å². The van der Waals surface area contributed by atoms with Crippen molar-refractivity contribution in [3.8, 4) is 11.1 Å². The summed E-state index contributed by atoms with van der Waals surface area (Å²) in [6.45, 7) is 2.22. The molecule has 3 rings (SSSR count). The fourth-order valence-corrected chi connectivity index (χ4v) is 2.25. The summed E-state index contributed by atoms with van der Waals surface area (Å²) >= 11 is 0. The molecule has 0 aromatic carbocycles. The number of rotatable bonds is 4. The maximum Gasteiger partial charge on any atom is 0.137 e. The standard InChI is InChI=1S/C14H16N4O/c1-10(4-7-19)18-9-11(8-17-18)12-2-5-15-14-13(12)3-6-16-14/h2-3,5-6,8-10,19H,4,7H2,1H3,(H,15,16). The maximum absolute atomic E-state index is 8.98. The number of aliphatic hydroxyl groups excluding tert-OH is 1. The van der Waals surface area contributed by atoms with Gasteiger partial charge in [-0.25, -0.2) is 4.98 Å². The van der Waals surface area contributed by atoms with Gasteiger partial charge in [0.15, 0.2) is 0 Å². The first-order valence-electron chi connectivity index (χ1n) is 6.37. The van der Waals surface area contributed by atoms with E-state index < -0.39 is 0 Å². The van der Waals surface area contributed by atoms with Crippen molar-refractivity contribution >= 4 is 11.0 Å². The topological polar surface area (TPSA) is 66.7 Å². The van der Waals surface area contributed by atoms with Gasteiger partial charge >= 0.3 is 0 Å². The van der Waals surface area contributed by atoms with Crippen LogP contribution in [0.15, 0.2) is 36.9 Å². The van der Waals surface area contributed by atoms with Crippen LogP contribution in [0.25, 0.3) is 22.2 Å². The third-order valence-electron chi connectivity index (χ3n) is 3.37. The van der Waals surface area contributed by atoms with Crippen molar-refractivity contribution in [2.75, 3.05) is 6.61 Å². The molecule has 0 saturated heterocycles. The van der Waals surface area contributed by atoms with Gasteiger partial charge in [-0.2, -0.15) is 5.10 Å². The van der Waals surface area contributed by atoms with Crippen molar-refractivity contribution in [3.63, 3.8) is 0 Å². The molecule has 0 aliphatic carbocycles. The predicted octanol–water partition coefficient (Wildman–Crippen LogP) is 2.37. The summed E-state index contributed by atoms with van der Waals surface area (Å²) in [5.41, 5.74) is 3.07. The summed E-state index contributed by atoms with van der Waals surface area (Å²) < 4.78 is 1.89. The fraction of sp³-hybridized carbons (Fsp3) is 0.286. The van der Waals surface area contributed by atoms with Gasteiger partial charge in [-0.3, -0.25) is 4.68 Å². The first-order chi connectivity index (χ1) is 9.29. The first-order valence-corrected chi connectivity index (χ1v) is 6.37. The van der Waals surface area contributed by atoms with E-state index in [-0.39, 0.29) is 12.6 Å². The van der Waals surface area contributed by atoms with Crippen LogP contribution >= 0.6 is 0 Å². The molecular formula is C14H16N4O. The molecule has 98 valence electrons. The molecule has 0 bridgehead atoms. The van der Waals surface area contributed by atoms with Crippen molar-refractivity contribution in [2.24, 2.45) is 0 Å². The Balaban J connectivity index is 2.00. The first kappa shape index (κ1) is 11.9. The lowest BCUT2D eigenvalue weighted by Gasteiger charge is -2.09. The zero-order valence-electron chi connectivity index (χ0n) is 10.7. The maximum atomic E-state index is 8.98. The van der Waals surface area contributed by atoms with E-state index in [4.69, 9.17) is 5.11 Å². The molecule has 1 unspecified atom stereocenters. The predicted molar refractivity (Wildman–Crippen MR) is 73.7 cm³/mol. The van der Waals surface area contributed by atoms with Crippen LogP contribution in [0, 0.1) is 0 Å². The van der Waals surface area contributed by atoms with Crippen molar-refractivity contribution in [3.05, 3.63) is 36.9 Å². The number of H-pyrrole nitrogens is 1. The zero-order valence-corrected chi connectivity index (χ0v) is 10.7. The van der Waals surface area contributed by atoms with Crippen molar-refractivity contribution in [1.29, 1.82) is 0 Å². The van der Waals surface area contributed by atoms with E-state index in [1.54, 1.807) is 6.20 Å². The van der Waals surface area contributed by atoms with Gasteiger partial charge in [0.1, 0.15) is 5.65 Å². The lowest BCUT2D eigenvalue weighted by atomic mass is 10.1. The summed E-state index contributed by atoms with van der Waals surface area (Å²) in [5.74, 6) is 0. The van der Waals surface area contributed by atoms with E-state index in [0.29, 0.717) is 6.42 Å². The number of aromatic amines is 1. The zero-order chi connectivity index (χ0) is 13.2. The Hall–Kier alpha value is -2.14. The van der Waals surface area contributed by atoms with E-state index >= 15 is 0 Å². The van der Waals surface area contributed by atoms with E-state index in [1.807, 2.05) is 42.3 Å². The Morgan fingerprint density at radius 1 is 1.42 bits per heavy atom. The summed E-state index contributed by atoms with van der Waals surface area (Å²) in [7, 11) is 0. The number of aliphatic hydroxyl groups is 1. The summed E-state index contributed by atoms with van der Waals surface area (Å²) in [6, 6.07) is 4.21. The molecule has 0 amide bonds. The van der Waals surface area contributed by atoms with Gasteiger partial charge in [-0.15, -0.1) is 0 Å². The van der Waals surface area contributed by atoms with Gasteiger partial charge in [0.2, 0.25) is 0 Å². The molecule has 2 N–H and O–H groups in total. The van der Waals surface area contributed by atoms with E-state index in [9.17, 15) is 0 Å². The molecule has 1 atom stereocenters. The summed E-state index contributed by atoms with van der Waals surface area (Å²) in [4.78, 5) is 7.39. The lowest BCUT2D eigenvalue weighted by Crippen LogP contribution is -2.06. The van der Waals surface area contributed by atoms with Crippen LogP contribution in [-0.4, -0.2) is 31.5 Å². The lowest BCUT2D eigenvalue weighted by molar-refractivity contribution is 0.257. The van der Waals surface area contributed by atoms with Crippen molar-refractivity contribution < 1.29 is 5.11 Å². The smallest absolute Gasteiger partial charge is 0.137 e. The number of aromatic nitrogens is 4. The molecule has 0 aliphatic rings. The molecule has 0 spiro atoms. The molecule has 19 heavy (non-hydrogen) atoms. The number of hydrogen-bond donors (Lipinski definition) is 2. The Morgan fingerprint density at radius 2 is 2.32 bits per heavy atom. The van der Waals surface area contributed by atoms with Crippen LogP contribution in [0.3, 0.4) is 0 Å². The molecular weight excluding hydrogens is 240 g/mol. The van der Waals surface area contributed by atoms with Gasteiger partial charge in [0.05, 0.1) is 12.2 Å². The Morgan fingerprint density at radius 3 is 3.16 bits per heavy atom. The summed E-state index contributed by atoms with van der Waals surface area (Å²) in [5, 5.41) is 14.5. The molecule has 0 aliphatic heterocycles. The highest BCUT2D eigenvalue weighted by Gasteiger charge is 2.10. The van der Waals surface area contributed by atoms with E-state index in [0.717, 1.165) is 22.2 Å². The average Bonchev–Trinajstić information content (AvgIpc) is 3.07. The van der Waals surface area contributed by atoms with Gasteiger partial charge in [-0.05, 0) is 31.0 Å². The van der Waals surface area contributed by atoms with Crippen LogP contribution in [0.4, 0.5) is 0 Å². The number of nitrogens with one attached hydrogen (secondary N) is 1. The minimum atomic E-state index is 0.174. The van der Waals surface area contributed by atoms with Gasteiger partial charge < -0.3 is 10.1 Å². The molecule has 3 aromatic rings. The minimum absolute atomic E-state index is 0.174. The molecule has 3 aromatic heterocycles. The molecule has 5 heteroatoms. The normalized spacial score (nSPS) is 12.9. The molecule has 0 saturated carbocycles.